The molecule has 0 aliphatic heterocycles. The molecule has 1 aromatic heterocycles. The van der Waals surface area contributed by atoms with Crippen molar-refractivity contribution < 1.29 is 0 Å². The van der Waals surface area contributed by atoms with E-state index in [1.165, 1.54) is 0 Å². The minimum atomic E-state index is 0.0393. The van der Waals surface area contributed by atoms with E-state index >= 15 is 0 Å². The van der Waals surface area contributed by atoms with Gasteiger partial charge in [-0.1, -0.05) is 23.7 Å². The van der Waals surface area contributed by atoms with Crippen molar-refractivity contribution in [3.05, 3.63) is 40.9 Å². The van der Waals surface area contributed by atoms with Gasteiger partial charge in [0.05, 0.1) is 0 Å². The summed E-state index contributed by atoms with van der Waals surface area (Å²) in [6.07, 6.45) is 0. The summed E-state index contributed by atoms with van der Waals surface area (Å²) >= 11 is 5.95. The molecule has 1 aromatic carbocycles. The van der Waals surface area contributed by atoms with Crippen LogP contribution in [0.2, 0.25) is 5.02 Å². The van der Waals surface area contributed by atoms with E-state index in [9.17, 15) is 0 Å². The summed E-state index contributed by atoms with van der Waals surface area (Å²) in [7, 11) is 0. The molecule has 0 saturated carbocycles. The second-order valence-electron chi connectivity index (χ2n) is 3.96. The second-order valence-corrected chi connectivity index (χ2v) is 4.39. The van der Waals surface area contributed by atoms with Gasteiger partial charge >= 0.3 is 0 Å². The van der Waals surface area contributed by atoms with Crippen molar-refractivity contribution in [1.82, 2.24) is 9.97 Å². The quantitative estimate of drug-likeness (QED) is 0.791. The first-order valence-corrected chi connectivity index (χ1v) is 5.84. The summed E-state index contributed by atoms with van der Waals surface area (Å²) in [5.74, 6) is 1.08. The number of aromatic nitrogens is 2. The van der Waals surface area contributed by atoms with Crippen LogP contribution in [0.5, 0.6) is 0 Å². The molecule has 1 unspecified atom stereocenters. The van der Waals surface area contributed by atoms with Crippen LogP contribution in [0.1, 0.15) is 18.5 Å². The predicted octanol–water partition coefficient (Wildman–Crippen LogP) is 2.47. The summed E-state index contributed by atoms with van der Waals surface area (Å²) in [4.78, 5) is 7.88. The molecule has 5 N–H and O–H groups in total. The second kappa shape index (κ2) is 5.10. The molecule has 6 heteroatoms. The van der Waals surface area contributed by atoms with Crippen LogP contribution in [0.25, 0.3) is 0 Å². The first-order chi connectivity index (χ1) is 8.54. The molecule has 94 valence electrons. The fourth-order valence-electron chi connectivity index (χ4n) is 1.64. The summed E-state index contributed by atoms with van der Waals surface area (Å²) in [6.45, 7) is 2.00. The molecule has 18 heavy (non-hydrogen) atoms. The maximum absolute atomic E-state index is 5.95. The first-order valence-electron chi connectivity index (χ1n) is 5.46. The van der Waals surface area contributed by atoms with Gasteiger partial charge in [0.25, 0.3) is 0 Å². The van der Waals surface area contributed by atoms with Crippen molar-refractivity contribution in [3.63, 3.8) is 0 Å². The standard InChI is InChI=1S/C12H14ClN5/c1-7(8-3-2-4-9(13)5-8)16-11-6-10(14)17-12(15)18-11/h2-7H,1H3,(H5,14,15,16,17,18). The zero-order valence-electron chi connectivity index (χ0n) is 9.89. The van der Waals surface area contributed by atoms with E-state index in [0.29, 0.717) is 16.7 Å². The highest BCUT2D eigenvalue weighted by molar-refractivity contribution is 6.30. The van der Waals surface area contributed by atoms with Crippen LogP contribution in [0, 0.1) is 0 Å². The Bertz CT molecular complexity index is 538. The van der Waals surface area contributed by atoms with Crippen molar-refractivity contribution in [2.24, 2.45) is 0 Å². The highest BCUT2D eigenvalue weighted by Gasteiger charge is 2.07. The fourth-order valence-corrected chi connectivity index (χ4v) is 1.84. The number of nitrogens with two attached hydrogens (primary N) is 2. The summed E-state index contributed by atoms with van der Waals surface area (Å²) in [5.41, 5.74) is 12.2. The number of hydrogen-bond donors (Lipinski definition) is 3. The lowest BCUT2D eigenvalue weighted by Gasteiger charge is -2.15. The number of rotatable bonds is 3. The molecule has 1 heterocycles. The Labute approximate surface area is 110 Å². The van der Waals surface area contributed by atoms with Gasteiger partial charge in [-0.3, -0.25) is 0 Å². The van der Waals surface area contributed by atoms with Crippen LogP contribution in [0.4, 0.5) is 17.6 Å². The Hall–Kier alpha value is -2.01. The molecule has 0 amide bonds. The molecule has 0 radical (unpaired) electrons. The van der Waals surface area contributed by atoms with Gasteiger partial charge in [-0.05, 0) is 24.6 Å². The Morgan fingerprint density at radius 1 is 1.22 bits per heavy atom. The van der Waals surface area contributed by atoms with Gasteiger partial charge in [-0.25, -0.2) is 0 Å². The third-order valence-electron chi connectivity index (χ3n) is 2.48. The maximum Gasteiger partial charge on any atom is 0.223 e. The summed E-state index contributed by atoms with van der Waals surface area (Å²) in [5, 5.41) is 3.89. The average molecular weight is 264 g/mol. The van der Waals surface area contributed by atoms with Gasteiger partial charge in [0.2, 0.25) is 5.95 Å². The minimum absolute atomic E-state index is 0.0393. The summed E-state index contributed by atoms with van der Waals surface area (Å²) < 4.78 is 0. The third kappa shape index (κ3) is 3.01. The molecule has 2 rings (SSSR count). The van der Waals surface area contributed by atoms with E-state index in [1.807, 2.05) is 31.2 Å². The Balaban J connectivity index is 2.18. The molecule has 2 aromatic rings. The van der Waals surface area contributed by atoms with Gasteiger partial charge in [0.15, 0.2) is 0 Å². The van der Waals surface area contributed by atoms with E-state index in [-0.39, 0.29) is 12.0 Å². The van der Waals surface area contributed by atoms with Crippen molar-refractivity contribution in [2.75, 3.05) is 16.8 Å². The van der Waals surface area contributed by atoms with Crippen molar-refractivity contribution in [2.45, 2.75) is 13.0 Å². The van der Waals surface area contributed by atoms with E-state index in [1.54, 1.807) is 6.07 Å². The molecule has 0 aliphatic rings. The first kappa shape index (κ1) is 12.4. The SMILES string of the molecule is CC(Nc1cc(N)nc(N)n1)c1cccc(Cl)c1. The van der Waals surface area contributed by atoms with Crippen molar-refractivity contribution in [3.8, 4) is 0 Å². The van der Waals surface area contributed by atoms with Gasteiger partial charge in [0.1, 0.15) is 11.6 Å². The number of benzene rings is 1. The Kier molecular flexibility index (Phi) is 3.53. The molecular formula is C12H14ClN5. The van der Waals surface area contributed by atoms with E-state index in [4.69, 9.17) is 23.1 Å². The number of nitrogens with one attached hydrogen (secondary N) is 1. The molecule has 0 saturated heterocycles. The van der Waals surface area contributed by atoms with Crippen LogP contribution < -0.4 is 16.8 Å². The van der Waals surface area contributed by atoms with E-state index in [2.05, 4.69) is 15.3 Å². The topological polar surface area (TPSA) is 89.8 Å². The van der Waals surface area contributed by atoms with E-state index in [0.717, 1.165) is 5.56 Å². The number of hydrogen-bond acceptors (Lipinski definition) is 5. The van der Waals surface area contributed by atoms with Gasteiger partial charge in [0, 0.05) is 17.1 Å². The zero-order valence-corrected chi connectivity index (χ0v) is 10.6. The predicted molar refractivity (Wildman–Crippen MR) is 74.3 cm³/mol. The minimum Gasteiger partial charge on any atom is -0.383 e. The molecule has 5 nitrogen and oxygen atoms in total. The molecule has 0 fully saturated rings. The zero-order chi connectivity index (χ0) is 13.1. The average Bonchev–Trinajstić information content (AvgIpc) is 2.27. The van der Waals surface area contributed by atoms with Gasteiger partial charge < -0.3 is 16.8 Å². The van der Waals surface area contributed by atoms with Gasteiger partial charge in [-0.15, -0.1) is 0 Å². The molecular weight excluding hydrogens is 250 g/mol. The van der Waals surface area contributed by atoms with Crippen LogP contribution in [0.15, 0.2) is 30.3 Å². The molecule has 0 aliphatic carbocycles. The van der Waals surface area contributed by atoms with Crippen LogP contribution in [-0.4, -0.2) is 9.97 Å². The van der Waals surface area contributed by atoms with E-state index < -0.39 is 0 Å². The Morgan fingerprint density at radius 3 is 2.67 bits per heavy atom. The normalized spacial score (nSPS) is 12.1. The highest BCUT2D eigenvalue weighted by atomic mass is 35.5. The number of nitrogens with zero attached hydrogens (tertiary/aromatic N) is 2. The highest BCUT2D eigenvalue weighted by Crippen LogP contribution is 2.21. The number of halogens is 1. The lowest BCUT2D eigenvalue weighted by atomic mass is 10.1. The van der Waals surface area contributed by atoms with Gasteiger partial charge in [-0.2, -0.15) is 9.97 Å². The lowest BCUT2D eigenvalue weighted by molar-refractivity contribution is 0.873. The largest absolute Gasteiger partial charge is 0.383 e. The van der Waals surface area contributed by atoms with Crippen LogP contribution >= 0.6 is 11.6 Å². The smallest absolute Gasteiger partial charge is 0.223 e. The fraction of sp³-hybridized carbons (Fsp3) is 0.167. The molecule has 0 spiro atoms. The number of nitrogen functional groups attached to an aromatic ring is 2. The molecule has 0 bridgehead atoms. The Morgan fingerprint density at radius 2 is 2.00 bits per heavy atom. The van der Waals surface area contributed by atoms with Crippen molar-refractivity contribution >= 4 is 29.2 Å². The number of anilines is 3. The van der Waals surface area contributed by atoms with Crippen LogP contribution in [-0.2, 0) is 0 Å². The molecule has 1 atom stereocenters. The van der Waals surface area contributed by atoms with Crippen LogP contribution in [0.3, 0.4) is 0 Å². The van der Waals surface area contributed by atoms with Crippen molar-refractivity contribution in [1.29, 1.82) is 0 Å². The maximum atomic E-state index is 5.95. The third-order valence-corrected chi connectivity index (χ3v) is 2.71. The summed E-state index contributed by atoms with van der Waals surface area (Å²) in [6, 6.07) is 9.29. The monoisotopic (exact) mass is 263 g/mol. The lowest BCUT2D eigenvalue weighted by Crippen LogP contribution is -2.10.